The van der Waals surface area contributed by atoms with Crippen molar-refractivity contribution in [3.05, 3.63) is 29.3 Å². The molecule has 0 saturated heterocycles. The number of anilines is 1. The summed E-state index contributed by atoms with van der Waals surface area (Å²) in [5.41, 5.74) is 8.57. The molecule has 0 atom stereocenters. The van der Waals surface area contributed by atoms with E-state index in [2.05, 4.69) is 15.3 Å². The Morgan fingerprint density at radius 1 is 1.58 bits per heavy atom. The number of hydrogen-bond acceptors (Lipinski definition) is 4. The first-order chi connectivity index (χ1) is 9.04. The summed E-state index contributed by atoms with van der Waals surface area (Å²) in [6, 6.07) is 0. The van der Waals surface area contributed by atoms with Gasteiger partial charge in [0.25, 0.3) is 5.91 Å². The van der Waals surface area contributed by atoms with Crippen LogP contribution in [0.3, 0.4) is 0 Å². The van der Waals surface area contributed by atoms with Crippen molar-refractivity contribution in [3.8, 4) is 0 Å². The lowest BCUT2D eigenvalue weighted by atomic mass is 10.2. The molecular formula is C12H18N6O. The molecule has 0 bridgehead atoms. The number of carbonyl (C=O) groups excluding carboxylic acids is 1. The number of nitrogens with one attached hydrogen (secondary N) is 1. The number of aromatic amines is 1. The highest BCUT2D eigenvalue weighted by Crippen LogP contribution is 2.19. The Morgan fingerprint density at radius 2 is 2.32 bits per heavy atom. The number of aryl methyl sites for hydroxylation is 2. The van der Waals surface area contributed by atoms with Crippen LogP contribution in [-0.2, 0) is 20.0 Å². The number of aromatic nitrogens is 4. The molecule has 7 nitrogen and oxygen atoms in total. The molecule has 0 aliphatic rings. The summed E-state index contributed by atoms with van der Waals surface area (Å²) in [5, 5.41) is 10.8. The molecule has 2 aromatic rings. The number of carbonyl (C=O) groups is 1. The van der Waals surface area contributed by atoms with E-state index in [0.29, 0.717) is 24.3 Å². The summed E-state index contributed by atoms with van der Waals surface area (Å²) in [7, 11) is 3.46. The smallest absolute Gasteiger partial charge is 0.274 e. The first-order valence-corrected chi connectivity index (χ1v) is 6.09. The van der Waals surface area contributed by atoms with Crippen LogP contribution in [0.25, 0.3) is 0 Å². The highest BCUT2D eigenvalue weighted by atomic mass is 16.2. The van der Waals surface area contributed by atoms with Crippen molar-refractivity contribution in [1.82, 2.24) is 24.9 Å². The molecule has 1 amide bonds. The van der Waals surface area contributed by atoms with Gasteiger partial charge in [0.05, 0.1) is 17.6 Å². The number of H-pyrrole nitrogens is 1. The first kappa shape index (κ1) is 13.1. The van der Waals surface area contributed by atoms with Crippen LogP contribution in [0.1, 0.15) is 28.7 Å². The summed E-state index contributed by atoms with van der Waals surface area (Å²) in [4.78, 5) is 14.0. The van der Waals surface area contributed by atoms with Gasteiger partial charge in [-0.1, -0.05) is 6.92 Å². The Balaban J connectivity index is 2.21. The van der Waals surface area contributed by atoms with E-state index < -0.39 is 0 Å². The number of nitrogen functional groups attached to an aromatic ring is 1. The minimum atomic E-state index is -0.145. The lowest BCUT2D eigenvalue weighted by Gasteiger charge is -2.16. The molecule has 102 valence electrons. The number of nitrogens with zero attached hydrogens (tertiary/aromatic N) is 4. The molecule has 7 heteroatoms. The van der Waals surface area contributed by atoms with Gasteiger partial charge in [0.15, 0.2) is 0 Å². The van der Waals surface area contributed by atoms with Crippen molar-refractivity contribution in [2.45, 2.75) is 19.9 Å². The highest BCUT2D eigenvalue weighted by molar-refractivity contribution is 5.97. The molecule has 0 unspecified atom stereocenters. The van der Waals surface area contributed by atoms with Gasteiger partial charge in [0.1, 0.15) is 5.69 Å². The zero-order valence-corrected chi connectivity index (χ0v) is 11.3. The third-order valence-corrected chi connectivity index (χ3v) is 3.02. The lowest BCUT2D eigenvalue weighted by molar-refractivity contribution is 0.0775. The van der Waals surface area contributed by atoms with E-state index in [0.717, 1.165) is 11.3 Å². The van der Waals surface area contributed by atoms with Gasteiger partial charge in [0.2, 0.25) is 0 Å². The zero-order valence-electron chi connectivity index (χ0n) is 11.3. The van der Waals surface area contributed by atoms with Gasteiger partial charge in [-0.05, 0) is 6.42 Å². The quantitative estimate of drug-likeness (QED) is 0.842. The van der Waals surface area contributed by atoms with Crippen molar-refractivity contribution in [3.63, 3.8) is 0 Å². The van der Waals surface area contributed by atoms with Crippen LogP contribution < -0.4 is 5.73 Å². The predicted octanol–water partition coefficient (Wildman–Crippen LogP) is 0.560. The van der Waals surface area contributed by atoms with Crippen LogP contribution in [0.15, 0.2) is 12.4 Å². The third-order valence-electron chi connectivity index (χ3n) is 3.02. The molecule has 2 rings (SSSR count). The molecule has 0 radical (unpaired) electrons. The van der Waals surface area contributed by atoms with Crippen molar-refractivity contribution in [1.29, 1.82) is 0 Å². The standard InChI is InChI=1S/C12H18N6O/c1-4-9-10(13)11(18(3)16-9)12(19)17(2)7-8-5-14-15-6-8/h5-6H,4,7,13H2,1-3H3,(H,14,15). The molecule has 19 heavy (non-hydrogen) atoms. The van der Waals surface area contributed by atoms with Crippen LogP contribution in [-0.4, -0.2) is 37.8 Å². The maximum Gasteiger partial charge on any atom is 0.274 e. The summed E-state index contributed by atoms with van der Waals surface area (Å²) < 4.78 is 1.54. The summed E-state index contributed by atoms with van der Waals surface area (Å²) in [6.45, 7) is 2.43. The number of nitrogens with two attached hydrogens (primary N) is 1. The summed E-state index contributed by atoms with van der Waals surface area (Å²) in [5.74, 6) is -0.145. The molecule has 2 aromatic heterocycles. The van der Waals surface area contributed by atoms with Gasteiger partial charge in [-0.2, -0.15) is 10.2 Å². The topological polar surface area (TPSA) is 92.8 Å². The Labute approximate surface area is 111 Å². The molecule has 2 heterocycles. The van der Waals surface area contributed by atoms with Crippen LogP contribution in [0, 0.1) is 0 Å². The second kappa shape index (κ2) is 5.13. The number of rotatable bonds is 4. The Hall–Kier alpha value is -2.31. The molecule has 0 saturated carbocycles. The van der Waals surface area contributed by atoms with Gasteiger partial charge in [-0.3, -0.25) is 14.6 Å². The van der Waals surface area contributed by atoms with E-state index in [1.807, 2.05) is 6.92 Å². The third kappa shape index (κ3) is 2.44. The van der Waals surface area contributed by atoms with E-state index in [1.54, 1.807) is 36.1 Å². The lowest BCUT2D eigenvalue weighted by Crippen LogP contribution is -2.28. The van der Waals surface area contributed by atoms with Crippen LogP contribution in [0.5, 0.6) is 0 Å². The molecule has 0 aliphatic carbocycles. The maximum atomic E-state index is 12.4. The second-order valence-electron chi connectivity index (χ2n) is 4.45. The fourth-order valence-electron chi connectivity index (χ4n) is 2.00. The Kier molecular flexibility index (Phi) is 3.55. The maximum absolute atomic E-state index is 12.4. The minimum Gasteiger partial charge on any atom is -0.395 e. The molecule has 3 N–H and O–H groups in total. The molecule has 0 aliphatic heterocycles. The van der Waals surface area contributed by atoms with E-state index in [9.17, 15) is 4.79 Å². The minimum absolute atomic E-state index is 0.145. The van der Waals surface area contributed by atoms with Crippen LogP contribution in [0.4, 0.5) is 5.69 Å². The highest BCUT2D eigenvalue weighted by Gasteiger charge is 2.22. The normalized spacial score (nSPS) is 10.7. The van der Waals surface area contributed by atoms with Gasteiger partial charge in [0, 0.05) is 32.4 Å². The van der Waals surface area contributed by atoms with Gasteiger partial charge in [-0.15, -0.1) is 0 Å². The van der Waals surface area contributed by atoms with Crippen LogP contribution in [0.2, 0.25) is 0 Å². The SMILES string of the molecule is CCc1nn(C)c(C(=O)N(C)Cc2cn[nH]c2)c1N. The second-order valence-corrected chi connectivity index (χ2v) is 4.45. The largest absolute Gasteiger partial charge is 0.395 e. The first-order valence-electron chi connectivity index (χ1n) is 6.09. The predicted molar refractivity (Wildman–Crippen MR) is 71.4 cm³/mol. The molecular weight excluding hydrogens is 244 g/mol. The average molecular weight is 262 g/mol. The van der Waals surface area contributed by atoms with Crippen molar-refractivity contribution in [2.24, 2.45) is 7.05 Å². The van der Waals surface area contributed by atoms with Gasteiger partial charge in [-0.25, -0.2) is 0 Å². The van der Waals surface area contributed by atoms with Crippen molar-refractivity contribution in [2.75, 3.05) is 12.8 Å². The Morgan fingerprint density at radius 3 is 2.84 bits per heavy atom. The zero-order chi connectivity index (χ0) is 14.0. The Bertz CT molecular complexity index is 571. The number of amides is 1. The summed E-state index contributed by atoms with van der Waals surface area (Å²) >= 11 is 0. The average Bonchev–Trinajstić information content (AvgIpc) is 2.97. The molecule has 0 fully saturated rings. The van der Waals surface area contributed by atoms with Crippen molar-refractivity contribution >= 4 is 11.6 Å². The van der Waals surface area contributed by atoms with Gasteiger partial charge >= 0.3 is 0 Å². The van der Waals surface area contributed by atoms with Crippen LogP contribution >= 0.6 is 0 Å². The van der Waals surface area contributed by atoms with Gasteiger partial charge < -0.3 is 10.6 Å². The van der Waals surface area contributed by atoms with E-state index >= 15 is 0 Å². The van der Waals surface area contributed by atoms with E-state index in [1.165, 1.54) is 0 Å². The fourth-order valence-corrected chi connectivity index (χ4v) is 2.00. The number of hydrogen-bond donors (Lipinski definition) is 2. The van der Waals surface area contributed by atoms with Crippen molar-refractivity contribution < 1.29 is 4.79 Å². The van der Waals surface area contributed by atoms with E-state index in [-0.39, 0.29) is 5.91 Å². The molecule has 0 aromatic carbocycles. The van der Waals surface area contributed by atoms with E-state index in [4.69, 9.17) is 5.73 Å². The fraction of sp³-hybridized carbons (Fsp3) is 0.417. The molecule has 0 spiro atoms. The summed E-state index contributed by atoms with van der Waals surface area (Å²) in [6.07, 6.45) is 4.15. The monoisotopic (exact) mass is 262 g/mol.